The zero-order chi connectivity index (χ0) is 26.5. The first-order valence-corrected chi connectivity index (χ1v) is 11.3. The minimum absolute atomic E-state index is 0.0679. The third kappa shape index (κ3) is 6.34. The van der Waals surface area contributed by atoms with Crippen molar-refractivity contribution < 1.29 is 37.3 Å². The predicted octanol–water partition coefficient (Wildman–Crippen LogP) is 3.29. The number of carbonyl (C=O) groups excluding carboxylic acids is 1. The van der Waals surface area contributed by atoms with Gasteiger partial charge in [0.1, 0.15) is 40.9 Å². The van der Waals surface area contributed by atoms with Crippen LogP contribution in [0.15, 0.2) is 61.2 Å². The molecule has 9 nitrogen and oxygen atoms in total. The topological polar surface area (TPSA) is 115 Å². The number of methoxy groups -OCH3 is 1. The first-order chi connectivity index (χ1) is 17.7. The SMILES string of the molecule is COc1ccc(Oc2ccc(CNC(O)C3(NC(=O)c4cncnc4)CCOC3)cc2)c(C(F)(F)F)c1. The van der Waals surface area contributed by atoms with Gasteiger partial charge in [-0.15, -0.1) is 0 Å². The van der Waals surface area contributed by atoms with Crippen molar-refractivity contribution in [1.82, 2.24) is 20.6 Å². The van der Waals surface area contributed by atoms with Crippen LogP contribution >= 0.6 is 0 Å². The van der Waals surface area contributed by atoms with Crippen LogP contribution in [-0.4, -0.2) is 53.1 Å². The highest BCUT2D eigenvalue weighted by atomic mass is 19.4. The van der Waals surface area contributed by atoms with E-state index in [1.54, 1.807) is 12.1 Å². The van der Waals surface area contributed by atoms with Crippen molar-refractivity contribution in [3.8, 4) is 17.2 Å². The number of nitrogens with zero attached hydrogens (tertiary/aromatic N) is 2. The zero-order valence-corrected chi connectivity index (χ0v) is 19.8. The predicted molar refractivity (Wildman–Crippen MR) is 125 cm³/mol. The number of aromatic nitrogens is 2. The highest BCUT2D eigenvalue weighted by Gasteiger charge is 2.43. The molecule has 1 aliphatic heterocycles. The lowest BCUT2D eigenvalue weighted by atomic mass is 9.95. The van der Waals surface area contributed by atoms with Crippen LogP contribution < -0.4 is 20.1 Å². The number of hydrogen-bond acceptors (Lipinski definition) is 8. The molecule has 0 aliphatic carbocycles. The standard InChI is InChI=1S/C25H25F3N4O5/c1-35-19-6-7-21(20(10-19)25(26,27)28)37-18-4-2-16(3-5-18)11-31-23(34)24(8-9-36-14-24)32-22(33)17-12-29-15-30-13-17/h2-7,10,12-13,15,23,31,34H,8-9,11,14H2,1H3,(H,32,33). The fourth-order valence-corrected chi connectivity index (χ4v) is 3.84. The molecule has 2 heterocycles. The van der Waals surface area contributed by atoms with E-state index in [-0.39, 0.29) is 36.0 Å². The third-order valence-electron chi connectivity index (χ3n) is 5.90. The second-order valence-corrected chi connectivity index (χ2v) is 8.43. The average Bonchev–Trinajstić information content (AvgIpc) is 3.38. The molecule has 2 unspecified atom stereocenters. The maximum absolute atomic E-state index is 13.4. The van der Waals surface area contributed by atoms with E-state index in [0.717, 1.165) is 11.6 Å². The molecule has 0 spiro atoms. The summed E-state index contributed by atoms with van der Waals surface area (Å²) in [7, 11) is 1.29. The number of hydrogen-bond donors (Lipinski definition) is 3. The fraction of sp³-hybridized carbons (Fsp3) is 0.320. The second-order valence-electron chi connectivity index (χ2n) is 8.43. The Balaban J connectivity index is 1.39. The van der Waals surface area contributed by atoms with Crippen LogP contribution in [0.3, 0.4) is 0 Å². The number of halogens is 3. The summed E-state index contributed by atoms with van der Waals surface area (Å²) in [6.07, 6.45) is -1.32. The van der Waals surface area contributed by atoms with Crippen molar-refractivity contribution in [2.75, 3.05) is 20.3 Å². The molecular formula is C25H25F3N4O5. The van der Waals surface area contributed by atoms with Crippen molar-refractivity contribution in [2.45, 2.75) is 30.9 Å². The van der Waals surface area contributed by atoms with Crippen molar-refractivity contribution in [3.05, 3.63) is 77.9 Å². The number of aliphatic hydroxyl groups is 1. The highest BCUT2D eigenvalue weighted by Crippen LogP contribution is 2.40. The normalized spacial score (nSPS) is 18.3. The molecule has 1 fully saturated rings. The van der Waals surface area contributed by atoms with Crippen LogP contribution in [0, 0.1) is 0 Å². The summed E-state index contributed by atoms with van der Waals surface area (Å²) in [4.78, 5) is 20.3. The Bertz CT molecular complexity index is 1200. The van der Waals surface area contributed by atoms with Crippen molar-refractivity contribution in [1.29, 1.82) is 0 Å². The molecule has 196 valence electrons. The van der Waals surface area contributed by atoms with E-state index in [1.165, 1.54) is 50.1 Å². The van der Waals surface area contributed by atoms with Crippen LogP contribution in [0.4, 0.5) is 13.2 Å². The number of amides is 1. The van der Waals surface area contributed by atoms with Gasteiger partial charge in [0.25, 0.3) is 5.91 Å². The van der Waals surface area contributed by atoms with E-state index in [2.05, 4.69) is 20.6 Å². The summed E-state index contributed by atoms with van der Waals surface area (Å²) in [5.74, 6) is -0.515. The molecule has 0 radical (unpaired) electrons. The van der Waals surface area contributed by atoms with Crippen LogP contribution in [0.5, 0.6) is 17.2 Å². The van der Waals surface area contributed by atoms with E-state index in [1.807, 2.05) is 0 Å². The zero-order valence-electron chi connectivity index (χ0n) is 19.8. The monoisotopic (exact) mass is 518 g/mol. The minimum Gasteiger partial charge on any atom is -0.497 e. The smallest absolute Gasteiger partial charge is 0.420 e. The number of aliphatic hydroxyl groups excluding tert-OH is 1. The summed E-state index contributed by atoms with van der Waals surface area (Å²) in [6.45, 7) is 0.683. The second kappa shape index (κ2) is 11.1. The van der Waals surface area contributed by atoms with Gasteiger partial charge in [-0.25, -0.2) is 9.97 Å². The molecule has 0 saturated carbocycles. The van der Waals surface area contributed by atoms with Gasteiger partial charge in [0.05, 0.1) is 19.3 Å². The minimum atomic E-state index is -4.62. The molecule has 2 aromatic carbocycles. The average molecular weight is 518 g/mol. The van der Waals surface area contributed by atoms with Gasteiger partial charge < -0.3 is 24.6 Å². The fourth-order valence-electron chi connectivity index (χ4n) is 3.84. The molecule has 12 heteroatoms. The summed E-state index contributed by atoms with van der Waals surface area (Å²) in [6, 6.07) is 9.83. The molecule has 3 N–H and O–H groups in total. The van der Waals surface area contributed by atoms with Gasteiger partial charge in [0.2, 0.25) is 0 Å². The molecule has 0 bridgehead atoms. The van der Waals surface area contributed by atoms with Gasteiger partial charge in [-0.3, -0.25) is 10.1 Å². The summed E-state index contributed by atoms with van der Waals surface area (Å²) in [5.41, 5.74) is -1.02. The van der Waals surface area contributed by atoms with E-state index < -0.39 is 29.4 Å². The number of ether oxygens (including phenoxy) is 3. The largest absolute Gasteiger partial charge is 0.497 e. The highest BCUT2D eigenvalue weighted by molar-refractivity contribution is 5.94. The maximum atomic E-state index is 13.4. The van der Waals surface area contributed by atoms with Gasteiger partial charge in [0, 0.05) is 25.5 Å². The molecule has 1 aliphatic rings. The number of carbonyl (C=O) groups is 1. The Morgan fingerprint density at radius 2 is 1.86 bits per heavy atom. The van der Waals surface area contributed by atoms with Crippen LogP contribution in [0.1, 0.15) is 27.9 Å². The molecule has 37 heavy (non-hydrogen) atoms. The maximum Gasteiger partial charge on any atom is 0.420 e. The Morgan fingerprint density at radius 3 is 2.49 bits per heavy atom. The molecule has 3 aromatic rings. The lowest BCUT2D eigenvalue weighted by molar-refractivity contribution is -0.138. The molecule has 1 saturated heterocycles. The van der Waals surface area contributed by atoms with Gasteiger partial charge in [-0.05, 0) is 42.3 Å². The summed E-state index contributed by atoms with van der Waals surface area (Å²) >= 11 is 0. The first-order valence-electron chi connectivity index (χ1n) is 11.3. The van der Waals surface area contributed by atoms with Crippen molar-refractivity contribution in [3.63, 3.8) is 0 Å². The van der Waals surface area contributed by atoms with Crippen molar-refractivity contribution in [2.24, 2.45) is 0 Å². The molecule has 1 amide bonds. The van der Waals surface area contributed by atoms with Gasteiger partial charge in [-0.1, -0.05) is 12.1 Å². The molecule has 1 aromatic heterocycles. The molecule has 2 atom stereocenters. The lowest BCUT2D eigenvalue weighted by Crippen LogP contribution is -2.62. The number of benzene rings is 2. The Morgan fingerprint density at radius 1 is 1.16 bits per heavy atom. The van der Waals surface area contributed by atoms with Gasteiger partial charge >= 0.3 is 6.18 Å². The number of rotatable bonds is 9. The Hall–Kier alpha value is -3.74. The van der Waals surface area contributed by atoms with E-state index in [4.69, 9.17) is 14.2 Å². The van der Waals surface area contributed by atoms with Crippen LogP contribution in [0.25, 0.3) is 0 Å². The lowest BCUT2D eigenvalue weighted by Gasteiger charge is -2.34. The summed E-state index contributed by atoms with van der Waals surface area (Å²) < 4.78 is 56.1. The van der Waals surface area contributed by atoms with Gasteiger partial charge in [-0.2, -0.15) is 13.2 Å². The van der Waals surface area contributed by atoms with E-state index in [9.17, 15) is 23.1 Å². The van der Waals surface area contributed by atoms with E-state index in [0.29, 0.717) is 13.0 Å². The quantitative estimate of drug-likeness (QED) is 0.370. The Labute approximate surface area is 210 Å². The first kappa shape index (κ1) is 26.3. The van der Waals surface area contributed by atoms with Crippen molar-refractivity contribution >= 4 is 5.91 Å². The Kier molecular flexibility index (Phi) is 7.91. The molecule has 4 rings (SSSR count). The summed E-state index contributed by atoms with van der Waals surface area (Å²) in [5, 5.41) is 16.7. The van der Waals surface area contributed by atoms with Gasteiger partial charge in [0.15, 0.2) is 0 Å². The number of alkyl halides is 3. The molecular weight excluding hydrogens is 493 g/mol. The number of nitrogens with one attached hydrogen (secondary N) is 2. The third-order valence-corrected chi connectivity index (χ3v) is 5.90. The van der Waals surface area contributed by atoms with Crippen LogP contribution in [0.2, 0.25) is 0 Å². The van der Waals surface area contributed by atoms with E-state index >= 15 is 0 Å². The van der Waals surface area contributed by atoms with Crippen LogP contribution in [-0.2, 0) is 17.5 Å².